The third-order valence-corrected chi connectivity index (χ3v) is 10.7. The Labute approximate surface area is 296 Å². The number of benzene rings is 5. The zero-order valence-electron chi connectivity index (χ0n) is 30.5. The Balaban J connectivity index is 1.28. The number of rotatable bonds is 5. The predicted molar refractivity (Wildman–Crippen MR) is 212 cm³/mol. The molecule has 0 fully saturated rings. The average molecular weight is 655 g/mol. The Morgan fingerprint density at radius 2 is 1.20 bits per heavy atom. The highest BCUT2D eigenvalue weighted by atomic mass is 15.4. The molecule has 5 aromatic carbocycles. The molecule has 8 rings (SSSR count). The van der Waals surface area contributed by atoms with E-state index in [9.17, 15) is 0 Å². The summed E-state index contributed by atoms with van der Waals surface area (Å²) in [7, 11) is 0. The molecule has 0 spiro atoms. The molecule has 1 aliphatic heterocycles. The minimum absolute atomic E-state index is 0.0285. The normalized spacial score (nSPS) is 13.4. The van der Waals surface area contributed by atoms with Gasteiger partial charge in [-0.05, 0) is 103 Å². The molecule has 0 saturated carbocycles. The van der Waals surface area contributed by atoms with Crippen LogP contribution < -0.4 is 9.80 Å². The van der Waals surface area contributed by atoms with Gasteiger partial charge in [0.05, 0.1) is 22.4 Å². The van der Waals surface area contributed by atoms with Gasteiger partial charge in [-0.25, -0.2) is 4.98 Å². The van der Waals surface area contributed by atoms with Crippen molar-refractivity contribution in [1.82, 2.24) is 9.55 Å². The van der Waals surface area contributed by atoms with Crippen LogP contribution in [0.1, 0.15) is 68.0 Å². The van der Waals surface area contributed by atoms with Crippen molar-refractivity contribution in [2.45, 2.75) is 66.2 Å². The first-order chi connectivity index (χ1) is 23.9. The number of hydrogen-bond acceptors (Lipinski definition) is 3. The second-order valence-corrected chi connectivity index (χ2v) is 15.6. The quantitative estimate of drug-likeness (QED) is 0.185. The van der Waals surface area contributed by atoms with Crippen LogP contribution in [0.4, 0.5) is 22.7 Å². The number of para-hydroxylation sites is 3. The Hall–Kier alpha value is -5.35. The summed E-state index contributed by atoms with van der Waals surface area (Å²) in [6.45, 7) is 19.1. The molecule has 0 atom stereocenters. The molecular weight excluding hydrogens is 609 g/mol. The van der Waals surface area contributed by atoms with Crippen molar-refractivity contribution in [2.24, 2.45) is 0 Å². The molecule has 0 saturated heterocycles. The van der Waals surface area contributed by atoms with Gasteiger partial charge in [-0.1, -0.05) is 107 Å². The molecule has 4 heteroatoms. The molecule has 0 N–H and O–H groups in total. The fourth-order valence-electron chi connectivity index (χ4n) is 8.04. The molecule has 250 valence electrons. The largest absolute Gasteiger partial charge is 0.321 e. The van der Waals surface area contributed by atoms with E-state index in [1.165, 1.54) is 77.9 Å². The van der Waals surface area contributed by atoms with Crippen LogP contribution in [0.5, 0.6) is 0 Å². The summed E-state index contributed by atoms with van der Waals surface area (Å²) >= 11 is 0. The first-order valence-electron chi connectivity index (χ1n) is 17.7. The van der Waals surface area contributed by atoms with Crippen LogP contribution in [0.3, 0.4) is 0 Å². The van der Waals surface area contributed by atoms with E-state index in [1.807, 2.05) is 12.3 Å². The van der Waals surface area contributed by atoms with E-state index in [4.69, 9.17) is 4.98 Å². The Morgan fingerprint density at radius 3 is 1.90 bits per heavy atom. The van der Waals surface area contributed by atoms with Crippen molar-refractivity contribution in [2.75, 3.05) is 16.5 Å². The van der Waals surface area contributed by atoms with Gasteiger partial charge in [0.25, 0.3) is 0 Å². The minimum Gasteiger partial charge on any atom is -0.321 e. The molecule has 3 heterocycles. The van der Waals surface area contributed by atoms with Crippen LogP contribution in [0.15, 0.2) is 121 Å². The van der Waals surface area contributed by atoms with Crippen LogP contribution in [0, 0.1) is 20.8 Å². The second-order valence-electron chi connectivity index (χ2n) is 15.6. The van der Waals surface area contributed by atoms with E-state index in [2.05, 4.69) is 179 Å². The summed E-state index contributed by atoms with van der Waals surface area (Å²) in [4.78, 5) is 9.78. The number of nitrogens with zero attached hydrogens (tertiary/aromatic N) is 4. The van der Waals surface area contributed by atoms with Gasteiger partial charge < -0.3 is 9.80 Å². The molecule has 4 nitrogen and oxygen atoms in total. The fraction of sp³-hybridized carbons (Fsp3) is 0.239. The zero-order chi connectivity index (χ0) is 34.9. The first-order valence-corrected chi connectivity index (χ1v) is 17.7. The molecule has 50 heavy (non-hydrogen) atoms. The molecule has 0 radical (unpaired) electrons. The number of anilines is 4. The van der Waals surface area contributed by atoms with Crippen molar-refractivity contribution in [1.29, 1.82) is 0 Å². The fourth-order valence-corrected chi connectivity index (χ4v) is 8.04. The predicted octanol–water partition coefficient (Wildman–Crippen LogP) is 12.0. The lowest BCUT2D eigenvalue weighted by Crippen LogP contribution is -2.27. The third-order valence-electron chi connectivity index (χ3n) is 10.7. The van der Waals surface area contributed by atoms with Gasteiger partial charge in [0.2, 0.25) is 0 Å². The minimum atomic E-state index is -0.279. The van der Waals surface area contributed by atoms with E-state index >= 15 is 0 Å². The maximum Gasteiger partial charge on any atom is 0.137 e. The number of aromatic nitrogens is 2. The van der Waals surface area contributed by atoms with E-state index in [0.717, 1.165) is 12.5 Å². The standard InChI is InChI=1S/C46H46N4/c1-30-23-31(2)44(32(3)24-30)49-29-48(40-17-11-12-18-41(40)49)36-26-34(45(4,5)6)25-35(27-36)46(7,8)33-20-21-38-37-15-9-10-16-39(37)50(42(38)28-33)43-19-13-14-22-47-43/h9-28H,29H2,1-8H3. The van der Waals surface area contributed by atoms with Gasteiger partial charge in [0.15, 0.2) is 0 Å². The monoisotopic (exact) mass is 654 g/mol. The number of aryl methyl sites for hydroxylation is 3. The van der Waals surface area contributed by atoms with E-state index < -0.39 is 0 Å². The molecule has 0 amide bonds. The summed E-state index contributed by atoms with van der Waals surface area (Å²) in [5, 5.41) is 2.48. The van der Waals surface area contributed by atoms with Crippen molar-refractivity contribution in [3.8, 4) is 5.82 Å². The van der Waals surface area contributed by atoms with Crippen molar-refractivity contribution in [3.63, 3.8) is 0 Å². The van der Waals surface area contributed by atoms with Gasteiger partial charge >= 0.3 is 0 Å². The Morgan fingerprint density at radius 1 is 0.560 bits per heavy atom. The Kier molecular flexibility index (Phi) is 7.41. The lowest BCUT2D eigenvalue weighted by atomic mass is 9.75. The highest BCUT2D eigenvalue weighted by molar-refractivity contribution is 6.09. The highest BCUT2D eigenvalue weighted by Gasteiger charge is 2.33. The van der Waals surface area contributed by atoms with Crippen LogP contribution in [-0.2, 0) is 10.8 Å². The maximum absolute atomic E-state index is 4.78. The van der Waals surface area contributed by atoms with Crippen molar-refractivity contribution < 1.29 is 0 Å². The Bertz CT molecular complexity index is 2380. The second kappa shape index (κ2) is 11.6. The maximum atomic E-state index is 4.78. The zero-order valence-corrected chi connectivity index (χ0v) is 30.5. The third kappa shape index (κ3) is 5.17. The van der Waals surface area contributed by atoms with Gasteiger partial charge in [-0.15, -0.1) is 0 Å². The molecule has 7 aromatic rings. The van der Waals surface area contributed by atoms with Crippen LogP contribution in [0.2, 0.25) is 0 Å². The SMILES string of the molecule is Cc1cc(C)c(N2CN(c3cc(C(C)(C)C)cc(C(C)(C)c4ccc5c6ccccc6n(-c6ccccn6)c5c4)c3)c3ccccc32)c(C)c1. The molecule has 1 aliphatic rings. The average Bonchev–Trinajstić information content (AvgIpc) is 3.64. The molecular formula is C46H46N4. The van der Waals surface area contributed by atoms with E-state index in [0.29, 0.717) is 0 Å². The molecule has 0 aliphatic carbocycles. The molecule has 2 aromatic heterocycles. The lowest BCUT2D eigenvalue weighted by Gasteiger charge is -2.32. The van der Waals surface area contributed by atoms with Gasteiger partial charge in [-0.3, -0.25) is 4.57 Å². The highest BCUT2D eigenvalue weighted by Crippen LogP contribution is 2.48. The number of hydrogen-bond donors (Lipinski definition) is 0. The smallest absolute Gasteiger partial charge is 0.137 e. The van der Waals surface area contributed by atoms with Crippen LogP contribution >= 0.6 is 0 Å². The van der Waals surface area contributed by atoms with Crippen LogP contribution in [0.25, 0.3) is 27.6 Å². The summed E-state index contributed by atoms with van der Waals surface area (Å²) in [6, 6.07) is 42.6. The lowest BCUT2D eigenvalue weighted by molar-refractivity contribution is 0.582. The van der Waals surface area contributed by atoms with Crippen molar-refractivity contribution in [3.05, 3.63) is 155 Å². The number of pyridine rings is 1. The summed E-state index contributed by atoms with van der Waals surface area (Å²) in [6.07, 6.45) is 1.88. The summed E-state index contributed by atoms with van der Waals surface area (Å²) < 4.78 is 2.31. The van der Waals surface area contributed by atoms with Crippen molar-refractivity contribution >= 4 is 44.6 Å². The van der Waals surface area contributed by atoms with Crippen LogP contribution in [-0.4, -0.2) is 16.2 Å². The van der Waals surface area contributed by atoms with E-state index in [1.54, 1.807) is 0 Å². The molecule has 0 bridgehead atoms. The topological polar surface area (TPSA) is 24.3 Å². The van der Waals surface area contributed by atoms with Gasteiger partial charge in [0.1, 0.15) is 12.5 Å². The van der Waals surface area contributed by atoms with Gasteiger partial charge in [0, 0.05) is 33.8 Å². The first kappa shape index (κ1) is 31.9. The number of fused-ring (bicyclic) bond motifs is 4. The summed E-state index contributed by atoms with van der Waals surface area (Å²) in [5.74, 6) is 0.932. The summed E-state index contributed by atoms with van der Waals surface area (Å²) in [5.41, 5.74) is 14.9. The van der Waals surface area contributed by atoms with E-state index in [-0.39, 0.29) is 10.8 Å². The molecule has 0 unspecified atom stereocenters. The van der Waals surface area contributed by atoms with Gasteiger partial charge in [-0.2, -0.15) is 0 Å².